The van der Waals surface area contributed by atoms with Crippen molar-refractivity contribution in [3.05, 3.63) is 35.4 Å². The van der Waals surface area contributed by atoms with Gasteiger partial charge in [0.2, 0.25) is 0 Å². The first-order valence-corrected chi connectivity index (χ1v) is 5.03. The van der Waals surface area contributed by atoms with Gasteiger partial charge in [0, 0.05) is 12.1 Å². The van der Waals surface area contributed by atoms with Gasteiger partial charge in [0.1, 0.15) is 11.6 Å². The number of hydrogen-bond acceptors (Lipinski definition) is 2. The van der Waals surface area contributed by atoms with Crippen molar-refractivity contribution in [1.82, 2.24) is 5.32 Å². The van der Waals surface area contributed by atoms with Crippen LogP contribution in [0.15, 0.2) is 18.2 Å². The molecule has 1 atom stereocenters. The lowest BCUT2D eigenvalue weighted by Gasteiger charge is -2.14. The summed E-state index contributed by atoms with van der Waals surface area (Å²) in [7, 11) is 0. The lowest BCUT2D eigenvalue weighted by molar-refractivity contribution is 0.540. The van der Waals surface area contributed by atoms with Crippen molar-refractivity contribution in [2.45, 2.75) is 19.4 Å². The number of nitrogens with one attached hydrogen (secondary N) is 1. The number of rotatable bonds is 5. The van der Waals surface area contributed by atoms with Gasteiger partial charge in [0.15, 0.2) is 0 Å². The standard InChI is InChI=1S/C11H16F2N2/c1-8(15-4-2-3-14)9-5-10(12)7-11(13)6-9/h5-8,15H,2-4,14H2,1H3. The number of nitrogens with two attached hydrogens (primary N) is 1. The molecule has 0 aromatic heterocycles. The third-order valence-electron chi connectivity index (χ3n) is 2.22. The molecule has 2 nitrogen and oxygen atoms in total. The Morgan fingerprint density at radius 2 is 1.87 bits per heavy atom. The van der Waals surface area contributed by atoms with Crippen molar-refractivity contribution in [2.75, 3.05) is 13.1 Å². The van der Waals surface area contributed by atoms with Crippen LogP contribution >= 0.6 is 0 Å². The summed E-state index contributed by atoms with van der Waals surface area (Å²) < 4.78 is 25.8. The average Bonchev–Trinajstić information content (AvgIpc) is 2.16. The summed E-state index contributed by atoms with van der Waals surface area (Å²) in [5, 5.41) is 3.14. The Morgan fingerprint density at radius 1 is 1.27 bits per heavy atom. The van der Waals surface area contributed by atoms with Gasteiger partial charge in [0.05, 0.1) is 0 Å². The molecule has 0 saturated heterocycles. The molecule has 0 amide bonds. The molecule has 1 unspecified atom stereocenters. The van der Waals surface area contributed by atoms with E-state index in [9.17, 15) is 8.78 Å². The first-order valence-electron chi connectivity index (χ1n) is 5.03. The van der Waals surface area contributed by atoms with Gasteiger partial charge >= 0.3 is 0 Å². The number of hydrogen-bond donors (Lipinski definition) is 2. The SMILES string of the molecule is CC(NCCCN)c1cc(F)cc(F)c1. The Kier molecular flexibility index (Phi) is 4.65. The topological polar surface area (TPSA) is 38.0 Å². The van der Waals surface area contributed by atoms with Gasteiger partial charge in [-0.15, -0.1) is 0 Å². The molecule has 0 radical (unpaired) electrons. The van der Waals surface area contributed by atoms with Crippen LogP contribution in [0, 0.1) is 11.6 Å². The van der Waals surface area contributed by atoms with Crippen LogP contribution in [0.2, 0.25) is 0 Å². The Bertz CT molecular complexity index is 295. The van der Waals surface area contributed by atoms with E-state index in [-0.39, 0.29) is 6.04 Å². The normalized spacial score (nSPS) is 12.8. The molecule has 1 aromatic carbocycles. The molecule has 1 aromatic rings. The zero-order valence-electron chi connectivity index (χ0n) is 8.76. The number of halogens is 2. The average molecular weight is 214 g/mol. The van der Waals surface area contributed by atoms with Crippen molar-refractivity contribution in [1.29, 1.82) is 0 Å². The monoisotopic (exact) mass is 214 g/mol. The fraction of sp³-hybridized carbons (Fsp3) is 0.455. The van der Waals surface area contributed by atoms with Gasteiger partial charge in [-0.1, -0.05) is 0 Å². The van der Waals surface area contributed by atoms with Crippen molar-refractivity contribution >= 4 is 0 Å². The lowest BCUT2D eigenvalue weighted by atomic mass is 10.1. The van der Waals surface area contributed by atoms with E-state index in [4.69, 9.17) is 5.73 Å². The second kappa shape index (κ2) is 5.78. The molecule has 1 rings (SSSR count). The van der Waals surface area contributed by atoms with E-state index in [0.29, 0.717) is 12.1 Å². The van der Waals surface area contributed by atoms with E-state index >= 15 is 0 Å². The van der Waals surface area contributed by atoms with Crippen molar-refractivity contribution in [2.24, 2.45) is 5.73 Å². The lowest BCUT2D eigenvalue weighted by Crippen LogP contribution is -2.22. The third-order valence-corrected chi connectivity index (χ3v) is 2.22. The summed E-state index contributed by atoms with van der Waals surface area (Å²) in [6, 6.07) is 3.48. The van der Waals surface area contributed by atoms with E-state index in [1.165, 1.54) is 12.1 Å². The largest absolute Gasteiger partial charge is 0.330 e. The summed E-state index contributed by atoms with van der Waals surface area (Å²) in [6.07, 6.45) is 0.849. The van der Waals surface area contributed by atoms with Gasteiger partial charge in [-0.25, -0.2) is 8.78 Å². The minimum atomic E-state index is -0.544. The number of benzene rings is 1. The van der Waals surface area contributed by atoms with Crippen LogP contribution < -0.4 is 11.1 Å². The van der Waals surface area contributed by atoms with E-state index in [0.717, 1.165) is 19.0 Å². The molecule has 84 valence electrons. The second-order valence-corrected chi connectivity index (χ2v) is 3.52. The fourth-order valence-corrected chi connectivity index (χ4v) is 1.36. The highest BCUT2D eigenvalue weighted by atomic mass is 19.1. The van der Waals surface area contributed by atoms with Crippen LogP contribution in [0.3, 0.4) is 0 Å². The zero-order valence-corrected chi connectivity index (χ0v) is 8.76. The zero-order chi connectivity index (χ0) is 11.3. The second-order valence-electron chi connectivity index (χ2n) is 3.52. The predicted octanol–water partition coefficient (Wildman–Crippen LogP) is 1.96. The van der Waals surface area contributed by atoms with Crippen molar-refractivity contribution in [3.8, 4) is 0 Å². The molecule has 15 heavy (non-hydrogen) atoms. The van der Waals surface area contributed by atoms with Crippen molar-refractivity contribution < 1.29 is 8.78 Å². The van der Waals surface area contributed by atoms with Crippen molar-refractivity contribution in [3.63, 3.8) is 0 Å². The van der Waals surface area contributed by atoms with Gasteiger partial charge in [-0.05, 0) is 44.1 Å². The molecule has 4 heteroatoms. The maximum atomic E-state index is 12.9. The van der Waals surface area contributed by atoms with E-state index < -0.39 is 11.6 Å². The van der Waals surface area contributed by atoms with E-state index in [1.807, 2.05) is 6.92 Å². The summed E-state index contributed by atoms with van der Waals surface area (Å²) >= 11 is 0. The van der Waals surface area contributed by atoms with Crippen LogP contribution in [-0.4, -0.2) is 13.1 Å². The maximum Gasteiger partial charge on any atom is 0.126 e. The highest BCUT2D eigenvalue weighted by Gasteiger charge is 2.07. The van der Waals surface area contributed by atoms with Crippen LogP contribution in [0.4, 0.5) is 8.78 Å². The highest BCUT2D eigenvalue weighted by molar-refractivity contribution is 5.20. The minimum Gasteiger partial charge on any atom is -0.330 e. The quantitative estimate of drug-likeness (QED) is 0.735. The first kappa shape index (κ1) is 12.1. The fourth-order valence-electron chi connectivity index (χ4n) is 1.36. The van der Waals surface area contributed by atoms with Gasteiger partial charge < -0.3 is 11.1 Å². The van der Waals surface area contributed by atoms with E-state index in [1.54, 1.807) is 0 Å². The van der Waals surface area contributed by atoms with Crippen LogP contribution in [0.5, 0.6) is 0 Å². The Hall–Kier alpha value is -1.00. The van der Waals surface area contributed by atoms with Gasteiger partial charge in [-0.2, -0.15) is 0 Å². The first-order chi connectivity index (χ1) is 7.13. The maximum absolute atomic E-state index is 12.9. The summed E-state index contributed by atoms with van der Waals surface area (Å²) in [6.45, 7) is 3.22. The Morgan fingerprint density at radius 3 is 2.40 bits per heavy atom. The summed E-state index contributed by atoms with van der Waals surface area (Å²) in [5.41, 5.74) is 5.96. The highest BCUT2D eigenvalue weighted by Crippen LogP contribution is 2.15. The molecule has 0 aliphatic heterocycles. The molecule has 0 aliphatic carbocycles. The molecule has 0 fully saturated rings. The predicted molar refractivity (Wildman–Crippen MR) is 56.4 cm³/mol. The summed E-state index contributed by atoms with van der Waals surface area (Å²) in [4.78, 5) is 0. The molecule has 3 N–H and O–H groups in total. The van der Waals surface area contributed by atoms with Gasteiger partial charge in [0.25, 0.3) is 0 Å². The van der Waals surface area contributed by atoms with E-state index in [2.05, 4.69) is 5.32 Å². The molecular formula is C11H16F2N2. The van der Waals surface area contributed by atoms with Crippen LogP contribution in [0.25, 0.3) is 0 Å². The third kappa shape index (κ3) is 3.93. The molecule has 0 heterocycles. The molecular weight excluding hydrogens is 198 g/mol. The molecule has 0 bridgehead atoms. The van der Waals surface area contributed by atoms with Crippen LogP contribution in [-0.2, 0) is 0 Å². The Labute approximate surface area is 88.5 Å². The van der Waals surface area contributed by atoms with Crippen LogP contribution in [0.1, 0.15) is 24.9 Å². The van der Waals surface area contributed by atoms with Gasteiger partial charge in [-0.3, -0.25) is 0 Å². The molecule has 0 saturated carbocycles. The summed E-state index contributed by atoms with van der Waals surface area (Å²) in [5.74, 6) is -1.09. The minimum absolute atomic E-state index is 0.0678. The molecule has 0 spiro atoms. The Balaban J connectivity index is 2.60. The smallest absolute Gasteiger partial charge is 0.126 e. The molecule has 0 aliphatic rings.